The van der Waals surface area contributed by atoms with Crippen LogP contribution < -0.4 is 10.6 Å². The van der Waals surface area contributed by atoms with Crippen LogP contribution in [0.15, 0.2) is 18.3 Å². The second-order valence-electron chi connectivity index (χ2n) is 6.76. The van der Waals surface area contributed by atoms with Crippen LogP contribution in [0, 0.1) is 5.92 Å². The molecule has 1 aliphatic rings. The lowest BCUT2D eigenvalue weighted by Crippen LogP contribution is -2.40. The van der Waals surface area contributed by atoms with E-state index in [9.17, 15) is 4.79 Å². The Labute approximate surface area is 126 Å². The van der Waals surface area contributed by atoms with Gasteiger partial charge >= 0.3 is 6.09 Å². The normalized spacial score (nSPS) is 22.2. The van der Waals surface area contributed by atoms with Crippen LogP contribution >= 0.6 is 0 Å². The Bertz CT molecular complexity index is 437. The SMILES string of the molecule is CC(C)(C)OC(=O)NCC1CCCC1NCc1ccc[nH]1. The Kier molecular flexibility index (Phi) is 5.28. The summed E-state index contributed by atoms with van der Waals surface area (Å²) in [5.41, 5.74) is 0.756. The van der Waals surface area contributed by atoms with Crippen LogP contribution in [0.1, 0.15) is 45.7 Å². The number of hydrogen-bond acceptors (Lipinski definition) is 3. The molecule has 1 aliphatic carbocycles. The van der Waals surface area contributed by atoms with Gasteiger partial charge in [-0.2, -0.15) is 0 Å². The van der Waals surface area contributed by atoms with Crippen molar-refractivity contribution in [3.8, 4) is 0 Å². The van der Waals surface area contributed by atoms with Crippen molar-refractivity contribution in [1.82, 2.24) is 15.6 Å². The number of carbonyl (C=O) groups excluding carboxylic acids is 1. The van der Waals surface area contributed by atoms with Crippen LogP contribution in [-0.4, -0.2) is 29.3 Å². The Hall–Kier alpha value is -1.49. The van der Waals surface area contributed by atoms with Crippen molar-refractivity contribution in [3.05, 3.63) is 24.0 Å². The van der Waals surface area contributed by atoms with E-state index in [0.717, 1.165) is 13.0 Å². The molecule has 1 aromatic rings. The average Bonchev–Trinajstić information content (AvgIpc) is 3.03. The van der Waals surface area contributed by atoms with Gasteiger partial charge in [0.25, 0.3) is 0 Å². The first kappa shape index (κ1) is 15.9. The van der Waals surface area contributed by atoms with Gasteiger partial charge in [-0.05, 0) is 51.7 Å². The van der Waals surface area contributed by atoms with Crippen molar-refractivity contribution in [1.29, 1.82) is 0 Å². The molecule has 0 bridgehead atoms. The highest BCUT2D eigenvalue weighted by Gasteiger charge is 2.27. The molecule has 1 saturated carbocycles. The number of amides is 1. The fourth-order valence-corrected chi connectivity index (χ4v) is 2.80. The second-order valence-corrected chi connectivity index (χ2v) is 6.76. The number of nitrogens with one attached hydrogen (secondary N) is 3. The van der Waals surface area contributed by atoms with Crippen LogP contribution in [0.4, 0.5) is 4.79 Å². The van der Waals surface area contributed by atoms with Crippen LogP contribution in [0.2, 0.25) is 0 Å². The Morgan fingerprint density at radius 2 is 2.24 bits per heavy atom. The lowest BCUT2D eigenvalue weighted by atomic mass is 10.0. The van der Waals surface area contributed by atoms with E-state index in [1.807, 2.05) is 33.0 Å². The average molecular weight is 293 g/mol. The van der Waals surface area contributed by atoms with E-state index in [0.29, 0.717) is 18.5 Å². The van der Waals surface area contributed by atoms with E-state index >= 15 is 0 Å². The molecule has 2 rings (SSSR count). The smallest absolute Gasteiger partial charge is 0.407 e. The summed E-state index contributed by atoms with van der Waals surface area (Å²) in [5, 5.41) is 6.48. The predicted molar refractivity (Wildman–Crippen MR) is 83.0 cm³/mol. The zero-order valence-electron chi connectivity index (χ0n) is 13.2. The number of H-pyrrole nitrogens is 1. The molecule has 3 N–H and O–H groups in total. The zero-order valence-corrected chi connectivity index (χ0v) is 13.2. The van der Waals surface area contributed by atoms with Crippen molar-refractivity contribution in [2.75, 3.05) is 6.54 Å². The third-order valence-corrected chi connectivity index (χ3v) is 3.78. The van der Waals surface area contributed by atoms with E-state index in [4.69, 9.17) is 4.74 Å². The van der Waals surface area contributed by atoms with E-state index in [-0.39, 0.29) is 6.09 Å². The maximum atomic E-state index is 11.7. The highest BCUT2D eigenvalue weighted by molar-refractivity contribution is 5.67. The van der Waals surface area contributed by atoms with Gasteiger partial charge in [-0.25, -0.2) is 4.79 Å². The third-order valence-electron chi connectivity index (χ3n) is 3.78. The topological polar surface area (TPSA) is 66.2 Å². The molecule has 118 valence electrons. The number of ether oxygens (including phenoxy) is 1. The van der Waals surface area contributed by atoms with Crippen molar-refractivity contribution in [2.24, 2.45) is 5.92 Å². The highest BCUT2D eigenvalue weighted by Crippen LogP contribution is 2.25. The number of aromatic amines is 1. The molecule has 0 aromatic carbocycles. The minimum Gasteiger partial charge on any atom is -0.444 e. The van der Waals surface area contributed by atoms with Gasteiger partial charge in [0, 0.05) is 31.0 Å². The molecule has 1 amide bonds. The monoisotopic (exact) mass is 293 g/mol. The maximum Gasteiger partial charge on any atom is 0.407 e. The summed E-state index contributed by atoms with van der Waals surface area (Å²) < 4.78 is 5.28. The second kappa shape index (κ2) is 6.98. The van der Waals surface area contributed by atoms with Gasteiger partial charge in [0.05, 0.1) is 0 Å². The lowest BCUT2D eigenvalue weighted by molar-refractivity contribution is 0.0517. The van der Waals surface area contributed by atoms with Crippen molar-refractivity contribution in [3.63, 3.8) is 0 Å². The number of hydrogen-bond donors (Lipinski definition) is 3. The minimum absolute atomic E-state index is 0.322. The molecule has 1 aromatic heterocycles. The number of alkyl carbamates (subject to hydrolysis) is 1. The van der Waals surface area contributed by atoms with Crippen molar-refractivity contribution < 1.29 is 9.53 Å². The third kappa shape index (κ3) is 5.42. The quantitative estimate of drug-likeness (QED) is 0.782. The van der Waals surface area contributed by atoms with Crippen LogP contribution in [0.25, 0.3) is 0 Å². The summed E-state index contributed by atoms with van der Waals surface area (Å²) in [5.74, 6) is 0.479. The Balaban J connectivity index is 1.73. The van der Waals surface area contributed by atoms with Gasteiger partial charge in [-0.3, -0.25) is 0 Å². The molecular formula is C16H27N3O2. The molecule has 2 atom stereocenters. The van der Waals surface area contributed by atoms with Crippen LogP contribution in [0.5, 0.6) is 0 Å². The van der Waals surface area contributed by atoms with E-state index in [1.54, 1.807) is 0 Å². The zero-order chi connectivity index (χ0) is 15.3. The number of carbonyl (C=O) groups is 1. The number of aromatic nitrogens is 1. The van der Waals surface area contributed by atoms with Crippen molar-refractivity contribution >= 4 is 6.09 Å². The molecule has 5 nitrogen and oxygen atoms in total. The molecule has 2 unspecified atom stereocenters. The predicted octanol–water partition coefficient (Wildman–Crippen LogP) is 2.80. The summed E-state index contributed by atoms with van der Waals surface area (Å²) >= 11 is 0. The largest absolute Gasteiger partial charge is 0.444 e. The van der Waals surface area contributed by atoms with E-state index in [1.165, 1.54) is 18.5 Å². The van der Waals surface area contributed by atoms with Gasteiger partial charge in [0.2, 0.25) is 0 Å². The first-order valence-electron chi connectivity index (χ1n) is 7.76. The molecule has 0 saturated heterocycles. The van der Waals surface area contributed by atoms with E-state index in [2.05, 4.69) is 21.7 Å². The van der Waals surface area contributed by atoms with Gasteiger partial charge in [0.1, 0.15) is 5.60 Å². The van der Waals surface area contributed by atoms with Crippen LogP contribution in [-0.2, 0) is 11.3 Å². The first-order valence-corrected chi connectivity index (χ1v) is 7.76. The summed E-state index contributed by atoms with van der Waals surface area (Å²) in [4.78, 5) is 14.9. The first-order chi connectivity index (χ1) is 9.94. The number of rotatable bonds is 5. The maximum absolute atomic E-state index is 11.7. The highest BCUT2D eigenvalue weighted by atomic mass is 16.6. The summed E-state index contributed by atoms with van der Waals surface area (Å²) in [6.45, 7) is 7.16. The fourth-order valence-electron chi connectivity index (χ4n) is 2.80. The molecule has 1 fully saturated rings. The molecule has 0 radical (unpaired) electrons. The molecule has 5 heteroatoms. The van der Waals surface area contributed by atoms with Crippen LogP contribution in [0.3, 0.4) is 0 Å². The molecule has 21 heavy (non-hydrogen) atoms. The fraction of sp³-hybridized carbons (Fsp3) is 0.688. The molecule has 0 spiro atoms. The summed E-state index contributed by atoms with van der Waals surface area (Å²) in [7, 11) is 0. The van der Waals surface area contributed by atoms with Gasteiger partial charge in [0.15, 0.2) is 0 Å². The van der Waals surface area contributed by atoms with Gasteiger partial charge < -0.3 is 20.4 Å². The van der Waals surface area contributed by atoms with E-state index < -0.39 is 5.60 Å². The Morgan fingerprint density at radius 1 is 1.43 bits per heavy atom. The molecule has 0 aliphatic heterocycles. The molecular weight excluding hydrogens is 266 g/mol. The molecule has 1 heterocycles. The standard InChI is InChI=1S/C16H27N3O2/c1-16(2,3)21-15(20)19-10-12-6-4-8-14(12)18-11-13-7-5-9-17-13/h5,7,9,12,14,17-18H,4,6,8,10-11H2,1-3H3,(H,19,20). The summed E-state index contributed by atoms with van der Waals surface area (Å²) in [6.07, 6.45) is 5.15. The van der Waals surface area contributed by atoms with Gasteiger partial charge in [-0.15, -0.1) is 0 Å². The minimum atomic E-state index is -0.439. The lowest BCUT2D eigenvalue weighted by Gasteiger charge is -2.23. The van der Waals surface area contributed by atoms with Crippen molar-refractivity contribution in [2.45, 2.75) is 58.2 Å². The Morgan fingerprint density at radius 3 is 2.90 bits per heavy atom. The van der Waals surface area contributed by atoms with Gasteiger partial charge in [-0.1, -0.05) is 6.42 Å². The summed E-state index contributed by atoms with van der Waals surface area (Å²) in [6, 6.07) is 4.55.